The van der Waals surface area contributed by atoms with Gasteiger partial charge in [0.15, 0.2) is 0 Å². The van der Waals surface area contributed by atoms with Gasteiger partial charge in [-0.1, -0.05) is 48.0 Å². The Balaban J connectivity index is 2.46. The molecule has 7 nitrogen and oxygen atoms in total. The van der Waals surface area contributed by atoms with Gasteiger partial charge in [0.05, 0.1) is 0 Å². The summed E-state index contributed by atoms with van der Waals surface area (Å²) in [6.45, 7) is 16.4. The Morgan fingerprint density at radius 2 is 1.49 bits per heavy atom. The predicted octanol–water partition coefficient (Wildman–Crippen LogP) is 5.44. The molecule has 0 heterocycles. The third kappa shape index (κ3) is 7.84. The van der Waals surface area contributed by atoms with Crippen molar-refractivity contribution in [3.8, 4) is 0 Å². The van der Waals surface area contributed by atoms with Gasteiger partial charge in [-0.05, 0) is 79.0 Å². The molecule has 2 aromatic rings. The number of carbonyl (C=O) groups excluding carboxylic acids is 3. The first-order valence-electron chi connectivity index (χ1n) is 11.8. The molecule has 3 amide bonds. The molecule has 0 aliphatic rings. The molecule has 1 unspecified atom stereocenters. The van der Waals surface area contributed by atoms with Crippen molar-refractivity contribution >= 4 is 23.6 Å². The SMILES string of the molecule is Cc1cccc(C(C(=O)Nc2c(C)cccc2C)N(C(=O)CNC(=O)OC(C)(C)C)C(C)(C)C)c1. The predicted molar refractivity (Wildman–Crippen MR) is 139 cm³/mol. The van der Waals surface area contributed by atoms with Crippen LogP contribution < -0.4 is 10.6 Å². The van der Waals surface area contributed by atoms with Crippen LogP contribution in [0.1, 0.15) is 69.8 Å². The van der Waals surface area contributed by atoms with Gasteiger partial charge in [0.2, 0.25) is 5.91 Å². The minimum Gasteiger partial charge on any atom is -0.444 e. The smallest absolute Gasteiger partial charge is 0.408 e. The first-order valence-corrected chi connectivity index (χ1v) is 11.8. The molecule has 1 atom stereocenters. The van der Waals surface area contributed by atoms with E-state index in [0.717, 1.165) is 22.4 Å². The summed E-state index contributed by atoms with van der Waals surface area (Å²) in [7, 11) is 0. The number of aryl methyl sites for hydroxylation is 3. The lowest BCUT2D eigenvalue weighted by atomic mass is 9.95. The summed E-state index contributed by atoms with van der Waals surface area (Å²) in [6, 6.07) is 12.4. The number of hydrogen-bond acceptors (Lipinski definition) is 4. The van der Waals surface area contributed by atoms with Gasteiger partial charge in [0.1, 0.15) is 18.2 Å². The number of anilines is 1. The lowest BCUT2D eigenvalue weighted by Crippen LogP contribution is -2.54. The van der Waals surface area contributed by atoms with Crippen molar-refractivity contribution in [1.29, 1.82) is 0 Å². The summed E-state index contributed by atoms with van der Waals surface area (Å²) in [5, 5.41) is 5.59. The van der Waals surface area contributed by atoms with E-state index in [1.807, 2.05) is 84.0 Å². The van der Waals surface area contributed by atoms with Crippen molar-refractivity contribution < 1.29 is 19.1 Å². The van der Waals surface area contributed by atoms with Crippen LogP contribution in [-0.2, 0) is 14.3 Å². The van der Waals surface area contributed by atoms with Crippen LogP contribution in [0.3, 0.4) is 0 Å². The molecule has 0 saturated heterocycles. The van der Waals surface area contributed by atoms with Crippen molar-refractivity contribution in [2.24, 2.45) is 0 Å². The zero-order chi connectivity index (χ0) is 26.6. The van der Waals surface area contributed by atoms with E-state index in [9.17, 15) is 14.4 Å². The molecule has 0 aliphatic heterocycles. The summed E-state index contributed by atoms with van der Waals surface area (Å²) in [4.78, 5) is 41.1. The Bertz CT molecular complexity index is 1060. The second-order valence-corrected chi connectivity index (χ2v) is 10.9. The second kappa shape index (κ2) is 10.9. The summed E-state index contributed by atoms with van der Waals surface area (Å²) < 4.78 is 5.27. The third-order valence-electron chi connectivity index (χ3n) is 5.37. The number of nitrogens with one attached hydrogen (secondary N) is 2. The first-order chi connectivity index (χ1) is 16.1. The number of nitrogens with zero attached hydrogens (tertiary/aromatic N) is 1. The van der Waals surface area contributed by atoms with Crippen LogP contribution in [0.2, 0.25) is 0 Å². The Morgan fingerprint density at radius 3 is 2.00 bits per heavy atom. The quantitative estimate of drug-likeness (QED) is 0.575. The van der Waals surface area contributed by atoms with Crippen LogP contribution in [0.5, 0.6) is 0 Å². The summed E-state index contributed by atoms with van der Waals surface area (Å²) >= 11 is 0. The van der Waals surface area contributed by atoms with Crippen LogP contribution in [0, 0.1) is 20.8 Å². The molecular weight excluding hydrogens is 442 g/mol. The first kappa shape index (κ1) is 27.9. The van der Waals surface area contributed by atoms with Crippen molar-refractivity contribution in [2.75, 3.05) is 11.9 Å². The molecule has 0 aromatic heterocycles. The Labute approximate surface area is 209 Å². The minimum absolute atomic E-state index is 0.300. The lowest BCUT2D eigenvalue weighted by molar-refractivity contribution is -0.144. The molecular formula is C28H39N3O4. The van der Waals surface area contributed by atoms with Crippen LogP contribution in [0.25, 0.3) is 0 Å². The maximum Gasteiger partial charge on any atom is 0.408 e. The molecule has 2 N–H and O–H groups in total. The fourth-order valence-corrected chi connectivity index (χ4v) is 3.91. The van der Waals surface area contributed by atoms with Crippen LogP contribution in [0.15, 0.2) is 42.5 Å². The molecule has 2 aromatic carbocycles. The van der Waals surface area contributed by atoms with Gasteiger partial charge in [-0.15, -0.1) is 0 Å². The Hall–Kier alpha value is -3.35. The van der Waals surface area contributed by atoms with E-state index in [2.05, 4.69) is 10.6 Å². The number of carbonyl (C=O) groups is 3. The van der Waals surface area contributed by atoms with Gasteiger partial charge in [-0.25, -0.2) is 4.79 Å². The normalized spacial score (nSPS) is 12.5. The number of para-hydroxylation sites is 1. The molecule has 0 spiro atoms. The van der Waals surface area contributed by atoms with Gasteiger partial charge in [-0.3, -0.25) is 9.59 Å². The van der Waals surface area contributed by atoms with Crippen molar-refractivity contribution in [3.63, 3.8) is 0 Å². The van der Waals surface area contributed by atoms with E-state index in [1.165, 1.54) is 4.90 Å². The van der Waals surface area contributed by atoms with Crippen LogP contribution in [0.4, 0.5) is 10.5 Å². The fourth-order valence-electron chi connectivity index (χ4n) is 3.91. The van der Waals surface area contributed by atoms with Gasteiger partial charge < -0.3 is 20.3 Å². The molecule has 0 aliphatic carbocycles. The van der Waals surface area contributed by atoms with E-state index < -0.39 is 29.2 Å². The van der Waals surface area contributed by atoms with Crippen LogP contribution >= 0.6 is 0 Å². The highest BCUT2D eigenvalue weighted by atomic mass is 16.6. The minimum atomic E-state index is -0.915. The molecule has 0 bridgehead atoms. The number of rotatable bonds is 6. The number of ether oxygens (including phenoxy) is 1. The van der Waals surface area contributed by atoms with Crippen molar-refractivity contribution in [3.05, 3.63) is 64.7 Å². The average molecular weight is 482 g/mol. The van der Waals surface area contributed by atoms with Gasteiger partial charge in [-0.2, -0.15) is 0 Å². The number of alkyl carbamates (subject to hydrolysis) is 1. The van der Waals surface area contributed by atoms with E-state index >= 15 is 0 Å². The highest BCUT2D eigenvalue weighted by Crippen LogP contribution is 2.31. The fraction of sp³-hybridized carbons (Fsp3) is 0.464. The highest BCUT2D eigenvalue weighted by Gasteiger charge is 2.39. The van der Waals surface area contributed by atoms with E-state index in [1.54, 1.807) is 20.8 Å². The van der Waals surface area contributed by atoms with E-state index in [4.69, 9.17) is 4.74 Å². The lowest BCUT2D eigenvalue weighted by Gasteiger charge is -2.41. The monoisotopic (exact) mass is 481 g/mol. The zero-order valence-electron chi connectivity index (χ0n) is 22.4. The van der Waals surface area contributed by atoms with Gasteiger partial charge in [0.25, 0.3) is 5.91 Å². The largest absolute Gasteiger partial charge is 0.444 e. The van der Waals surface area contributed by atoms with Gasteiger partial charge >= 0.3 is 6.09 Å². The molecule has 2 rings (SSSR count). The number of benzene rings is 2. The third-order valence-corrected chi connectivity index (χ3v) is 5.37. The van der Waals surface area contributed by atoms with Crippen molar-refractivity contribution in [2.45, 2.75) is 79.5 Å². The van der Waals surface area contributed by atoms with E-state index in [0.29, 0.717) is 5.56 Å². The van der Waals surface area contributed by atoms with Crippen molar-refractivity contribution in [1.82, 2.24) is 10.2 Å². The molecule has 190 valence electrons. The molecule has 35 heavy (non-hydrogen) atoms. The standard InChI is InChI=1S/C28H39N3O4/c1-18-12-10-15-21(16-18)24(25(33)30-23-19(2)13-11-14-20(23)3)31(27(4,5)6)22(32)17-29-26(34)35-28(7,8)9/h10-16,24H,17H2,1-9H3,(H,29,34)(H,30,33). The maximum atomic E-state index is 13.8. The maximum absolute atomic E-state index is 13.8. The average Bonchev–Trinajstić information content (AvgIpc) is 2.70. The molecule has 7 heteroatoms. The molecule has 0 fully saturated rings. The Kier molecular flexibility index (Phi) is 8.71. The Morgan fingerprint density at radius 1 is 0.914 bits per heavy atom. The van der Waals surface area contributed by atoms with Crippen LogP contribution in [-0.4, -0.2) is 40.5 Å². The summed E-state index contributed by atoms with van der Waals surface area (Å²) in [5.41, 5.74) is 2.84. The van der Waals surface area contributed by atoms with Gasteiger partial charge in [0, 0.05) is 11.2 Å². The second-order valence-electron chi connectivity index (χ2n) is 10.9. The topological polar surface area (TPSA) is 87.7 Å². The summed E-state index contributed by atoms with van der Waals surface area (Å²) in [5.74, 6) is -0.722. The zero-order valence-corrected chi connectivity index (χ0v) is 22.4. The van der Waals surface area contributed by atoms with E-state index in [-0.39, 0.29) is 12.5 Å². The number of hydrogen-bond donors (Lipinski definition) is 2. The molecule has 0 saturated carbocycles. The molecule has 0 radical (unpaired) electrons. The number of amides is 3. The summed E-state index contributed by atoms with van der Waals surface area (Å²) in [6.07, 6.45) is -0.688. The highest BCUT2D eigenvalue weighted by molar-refractivity contribution is 5.99.